The molecule has 0 bridgehead atoms. The molecule has 1 aromatic rings. The second kappa shape index (κ2) is 9.80. The van der Waals surface area contributed by atoms with Crippen LogP contribution in [0.15, 0.2) is 24.3 Å². The highest BCUT2D eigenvalue weighted by atomic mass is 16.5. The van der Waals surface area contributed by atoms with Crippen LogP contribution in [0.25, 0.3) is 0 Å². The third kappa shape index (κ3) is 5.60. The summed E-state index contributed by atoms with van der Waals surface area (Å²) in [4.78, 5) is 14.7. The average molecular weight is 332 g/mol. The minimum absolute atomic E-state index is 0.280. The highest BCUT2D eigenvalue weighted by molar-refractivity contribution is 5.77. The predicted molar refractivity (Wildman–Crippen MR) is 98.1 cm³/mol. The van der Waals surface area contributed by atoms with E-state index in [0.717, 1.165) is 45.4 Å². The van der Waals surface area contributed by atoms with Gasteiger partial charge in [0.2, 0.25) is 5.91 Å². The average Bonchev–Trinajstić information content (AvgIpc) is 2.61. The van der Waals surface area contributed by atoms with Crippen LogP contribution >= 0.6 is 0 Å². The highest BCUT2D eigenvalue weighted by Crippen LogP contribution is 2.25. The van der Waals surface area contributed by atoms with E-state index in [0.29, 0.717) is 25.0 Å². The zero-order chi connectivity index (χ0) is 17.4. The molecule has 2 rings (SSSR count). The molecule has 134 valence electrons. The van der Waals surface area contributed by atoms with Crippen molar-refractivity contribution in [2.24, 2.45) is 5.73 Å². The summed E-state index contributed by atoms with van der Waals surface area (Å²) in [5, 5.41) is 0. The van der Waals surface area contributed by atoms with Gasteiger partial charge in [0.05, 0.1) is 6.10 Å². The molecular formula is C20H32N2O2. The van der Waals surface area contributed by atoms with Crippen LogP contribution in [-0.4, -0.2) is 43.2 Å². The number of rotatable bonds is 8. The van der Waals surface area contributed by atoms with Crippen LogP contribution in [0, 0.1) is 6.92 Å². The van der Waals surface area contributed by atoms with Crippen molar-refractivity contribution >= 4 is 5.91 Å². The van der Waals surface area contributed by atoms with Crippen LogP contribution in [0.5, 0.6) is 0 Å². The van der Waals surface area contributed by atoms with E-state index in [1.807, 2.05) is 4.90 Å². The lowest BCUT2D eigenvalue weighted by atomic mass is 9.91. The van der Waals surface area contributed by atoms with Crippen LogP contribution in [0.3, 0.4) is 0 Å². The third-order valence-electron chi connectivity index (χ3n) is 4.96. The number of piperidine rings is 1. The van der Waals surface area contributed by atoms with Gasteiger partial charge in [0.15, 0.2) is 0 Å². The van der Waals surface area contributed by atoms with Gasteiger partial charge >= 0.3 is 0 Å². The molecular weight excluding hydrogens is 300 g/mol. The summed E-state index contributed by atoms with van der Waals surface area (Å²) in [5.74, 6) is 0.597. The molecule has 0 spiro atoms. The van der Waals surface area contributed by atoms with Gasteiger partial charge in [-0.2, -0.15) is 0 Å². The lowest BCUT2D eigenvalue weighted by Gasteiger charge is -2.33. The van der Waals surface area contributed by atoms with Crippen LogP contribution in [-0.2, 0) is 9.53 Å². The minimum atomic E-state index is 0.280. The van der Waals surface area contributed by atoms with Crippen LogP contribution in [0.1, 0.15) is 56.1 Å². The SMILES string of the molecule is CCC(CC(=O)N1CCC(OCCCN)CC1)c1ccc(C)cc1. The largest absolute Gasteiger partial charge is 0.378 e. The molecule has 1 aliphatic rings. The Balaban J connectivity index is 1.80. The van der Waals surface area contributed by atoms with Crippen molar-refractivity contribution in [2.45, 2.75) is 58.0 Å². The highest BCUT2D eigenvalue weighted by Gasteiger charge is 2.25. The second-order valence-corrected chi connectivity index (χ2v) is 6.81. The molecule has 1 heterocycles. The van der Waals surface area contributed by atoms with Crippen molar-refractivity contribution in [3.05, 3.63) is 35.4 Å². The first-order chi connectivity index (χ1) is 11.6. The molecule has 1 saturated heterocycles. The lowest BCUT2D eigenvalue weighted by molar-refractivity contribution is -0.134. The molecule has 1 fully saturated rings. The Bertz CT molecular complexity index is 493. The number of hydrogen-bond donors (Lipinski definition) is 1. The number of nitrogens with zero attached hydrogens (tertiary/aromatic N) is 1. The van der Waals surface area contributed by atoms with Gasteiger partial charge in [-0.05, 0) is 50.6 Å². The van der Waals surface area contributed by atoms with Crippen LogP contribution in [0.4, 0.5) is 0 Å². The maximum absolute atomic E-state index is 12.6. The van der Waals surface area contributed by atoms with Crippen molar-refractivity contribution < 1.29 is 9.53 Å². The Hall–Kier alpha value is -1.39. The van der Waals surface area contributed by atoms with Crippen molar-refractivity contribution in [3.63, 3.8) is 0 Å². The minimum Gasteiger partial charge on any atom is -0.378 e. The number of aryl methyl sites for hydroxylation is 1. The fourth-order valence-electron chi connectivity index (χ4n) is 3.28. The van der Waals surface area contributed by atoms with Gasteiger partial charge in [0.25, 0.3) is 0 Å². The number of benzene rings is 1. The number of hydrogen-bond acceptors (Lipinski definition) is 3. The number of amides is 1. The molecule has 0 saturated carbocycles. The van der Waals surface area contributed by atoms with E-state index in [1.54, 1.807) is 0 Å². The maximum atomic E-state index is 12.6. The van der Waals surface area contributed by atoms with Crippen molar-refractivity contribution in [1.82, 2.24) is 4.90 Å². The summed E-state index contributed by atoms with van der Waals surface area (Å²) in [6, 6.07) is 8.59. The lowest BCUT2D eigenvalue weighted by Crippen LogP contribution is -2.41. The van der Waals surface area contributed by atoms with E-state index >= 15 is 0 Å². The Morgan fingerprint density at radius 3 is 2.54 bits per heavy atom. The molecule has 0 aliphatic carbocycles. The Morgan fingerprint density at radius 2 is 1.96 bits per heavy atom. The number of nitrogens with two attached hydrogens (primary N) is 1. The summed E-state index contributed by atoms with van der Waals surface area (Å²) >= 11 is 0. The van der Waals surface area contributed by atoms with Gasteiger partial charge in [-0.25, -0.2) is 0 Å². The summed E-state index contributed by atoms with van der Waals surface area (Å²) < 4.78 is 5.82. The monoisotopic (exact) mass is 332 g/mol. The molecule has 1 unspecified atom stereocenters. The summed E-state index contributed by atoms with van der Waals surface area (Å²) in [7, 11) is 0. The van der Waals surface area contributed by atoms with E-state index in [4.69, 9.17) is 10.5 Å². The van der Waals surface area contributed by atoms with E-state index in [2.05, 4.69) is 38.1 Å². The van der Waals surface area contributed by atoms with Gasteiger partial charge in [0.1, 0.15) is 0 Å². The second-order valence-electron chi connectivity index (χ2n) is 6.81. The molecule has 4 heteroatoms. The molecule has 1 aromatic carbocycles. The summed E-state index contributed by atoms with van der Waals surface area (Å²) in [6.07, 6.45) is 4.69. The fourth-order valence-corrected chi connectivity index (χ4v) is 3.28. The van der Waals surface area contributed by atoms with Crippen molar-refractivity contribution in [2.75, 3.05) is 26.2 Å². The van der Waals surface area contributed by atoms with Crippen LogP contribution in [0.2, 0.25) is 0 Å². The molecule has 0 radical (unpaired) electrons. The van der Waals surface area contributed by atoms with Gasteiger partial charge in [-0.3, -0.25) is 4.79 Å². The zero-order valence-electron chi connectivity index (χ0n) is 15.2. The smallest absolute Gasteiger partial charge is 0.223 e. The molecule has 1 amide bonds. The van der Waals surface area contributed by atoms with E-state index in [1.165, 1.54) is 11.1 Å². The topological polar surface area (TPSA) is 55.6 Å². The fraction of sp³-hybridized carbons (Fsp3) is 0.650. The summed E-state index contributed by atoms with van der Waals surface area (Å²) in [6.45, 7) is 7.30. The van der Waals surface area contributed by atoms with E-state index in [-0.39, 0.29) is 5.91 Å². The number of carbonyl (C=O) groups excluding carboxylic acids is 1. The molecule has 1 aliphatic heterocycles. The number of carbonyl (C=O) groups is 1. The first kappa shape index (κ1) is 18.9. The molecule has 2 N–H and O–H groups in total. The van der Waals surface area contributed by atoms with Gasteiger partial charge < -0.3 is 15.4 Å². The predicted octanol–water partition coefficient (Wildman–Crippen LogP) is 3.24. The normalized spacial score (nSPS) is 17.0. The van der Waals surface area contributed by atoms with E-state index < -0.39 is 0 Å². The zero-order valence-corrected chi connectivity index (χ0v) is 15.2. The molecule has 4 nitrogen and oxygen atoms in total. The summed E-state index contributed by atoms with van der Waals surface area (Å²) in [5.41, 5.74) is 8.02. The maximum Gasteiger partial charge on any atom is 0.223 e. The Kier molecular flexibility index (Phi) is 7.73. The van der Waals surface area contributed by atoms with Crippen LogP contribution < -0.4 is 5.73 Å². The number of likely N-dealkylation sites (tertiary alicyclic amines) is 1. The molecule has 0 aromatic heterocycles. The van der Waals surface area contributed by atoms with Gasteiger partial charge in [0, 0.05) is 26.1 Å². The standard InChI is InChI=1S/C20H32N2O2/c1-3-17(18-7-5-16(2)6-8-18)15-20(23)22-12-9-19(10-13-22)24-14-4-11-21/h5-8,17,19H,3-4,9-15,21H2,1-2H3. The first-order valence-corrected chi connectivity index (χ1v) is 9.30. The van der Waals surface area contributed by atoms with E-state index in [9.17, 15) is 4.79 Å². The van der Waals surface area contributed by atoms with Gasteiger partial charge in [-0.1, -0.05) is 36.8 Å². The third-order valence-corrected chi connectivity index (χ3v) is 4.96. The van der Waals surface area contributed by atoms with Gasteiger partial charge in [-0.15, -0.1) is 0 Å². The van der Waals surface area contributed by atoms with Crippen molar-refractivity contribution in [1.29, 1.82) is 0 Å². The Morgan fingerprint density at radius 1 is 1.29 bits per heavy atom. The number of ether oxygens (including phenoxy) is 1. The molecule has 24 heavy (non-hydrogen) atoms. The first-order valence-electron chi connectivity index (χ1n) is 9.30. The quantitative estimate of drug-likeness (QED) is 0.744. The Labute approximate surface area is 146 Å². The van der Waals surface area contributed by atoms with Crippen molar-refractivity contribution in [3.8, 4) is 0 Å². The molecule has 1 atom stereocenters.